The zero-order valence-electron chi connectivity index (χ0n) is 20.4. The predicted molar refractivity (Wildman–Crippen MR) is 140 cm³/mol. The third kappa shape index (κ3) is 4.63. The number of carbonyl (C=O) groups is 1. The molecular weight excluding hydrogens is 482 g/mol. The average Bonchev–Trinajstić information content (AvgIpc) is 3.39. The molecule has 0 radical (unpaired) electrons. The van der Waals surface area contributed by atoms with Gasteiger partial charge in [0.1, 0.15) is 6.07 Å². The van der Waals surface area contributed by atoms with E-state index in [1.165, 1.54) is 6.20 Å². The number of anilines is 2. The molecule has 10 nitrogen and oxygen atoms in total. The van der Waals surface area contributed by atoms with Crippen LogP contribution in [-0.4, -0.2) is 59.1 Å². The monoisotopic (exact) mass is 505 g/mol. The molecule has 2 aromatic heterocycles. The van der Waals surface area contributed by atoms with Crippen LogP contribution in [0.25, 0.3) is 11.6 Å². The molecule has 2 aromatic carbocycles. The quantitative estimate of drug-likeness (QED) is 0.434. The van der Waals surface area contributed by atoms with E-state index in [0.29, 0.717) is 49.0 Å². The van der Waals surface area contributed by atoms with E-state index in [0.717, 1.165) is 16.7 Å². The number of carbonyl (C=O) groups excluding carboxylic acids is 1. The second kappa shape index (κ2) is 10.2. The maximum absolute atomic E-state index is 13.2. The normalized spacial score (nSPS) is 17.2. The fraction of sp³-hybridized carbons (Fsp3) is 0.214. The number of nitrogens with zero attached hydrogens (tertiary/aromatic N) is 6. The number of aliphatic imine (C=N–C) groups is 1. The van der Waals surface area contributed by atoms with E-state index in [-0.39, 0.29) is 24.1 Å². The van der Waals surface area contributed by atoms with Crippen LogP contribution in [0, 0.1) is 11.3 Å². The van der Waals surface area contributed by atoms with E-state index >= 15 is 0 Å². The SMILES string of the molecule is N#Cc1cnc(-c2nnc(NC3N=C(c4ccccc4)c4ccccc4CC3=O)o2)c(N2CCOCC2)c1. The minimum absolute atomic E-state index is 0.0551. The van der Waals surface area contributed by atoms with Crippen LogP contribution < -0.4 is 10.2 Å². The van der Waals surface area contributed by atoms with Gasteiger partial charge in [0.25, 0.3) is 5.89 Å². The topological polar surface area (TPSA) is 130 Å². The lowest BCUT2D eigenvalue weighted by molar-refractivity contribution is -0.119. The number of pyridine rings is 1. The summed E-state index contributed by atoms with van der Waals surface area (Å²) in [5.41, 5.74) is 5.05. The lowest BCUT2D eigenvalue weighted by atomic mass is 9.96. The summed E-state index contributed by atoms with van der Waals surface area (Å²) in [6.07, 6.45) is 0.769. The van der Waals surface area contributed by atoms with Crippen LogP contribution in [0.4, 0.5) is 11.7 Å². The van der Waals surface area contributed by atoms with Crippen LogP contribution in [0.2, 0.25) is 0 Å². The Kier molecular flexibility index (Phi) is 6.34. The van der Waals surface area contributed by atoms with Crippen molar-refractivity contribution < 1.29 is 13.9 Å². The van der Waals surface area contributed by atoms with Crippen LogP contribution in [-0.2, 0) is 16.0 Å². The zero-order chi connectivity index (χ0) is 25.9. The highest BCUT2D eigenvalue weighted by atomic mass is 16.5. The highest BCUT2D eigenvalue weighted by molar-refractivity contribution is 6.16. The Morgan fingerprint density at radius 2 is 1.82 bits per heavy atom. The van der Waals surface area contributed by atoms with Gasteiger partial charge in [-0.05, 0) is 11.6 Å². The van der Waals surface area contributed by atoms with Crippen molar-refractivity contribution in [2.45, 2.75) is 12.6 Å². The van der Waals surface area contributed by atoms with Crippen molar-refractivity contribution in [3.05, 3.63) is 89.1 Å². The first-order chi connectivity index (χ1) is 18.7. The number of ketones is 1. The summed E-state index contributed by atoms with van der Waals surface area (Å²) in [5, 5.41) is 20.7. The van der Waals surface area contributed by atoms with Crippen molar-refractivity contribution >= 4 is 23.2 Å². The minimum atomic E-state index is -0.918. The maximum atomic E-state index is 13.2. The van der Waals surface area contributed by atoms with Gasteiger partial charge in [-0.25, -0.2) is 4.98 Å². The Labute approximate surface area is 218 Å². The molecule has 6 rings (SSSR count). The van der Waals surface area contributed by atoms with Gasteiger partial charge in [-0.15, -0.1) is 5.10 Å². The van der Waals surface area contributed by atoms with Gasteiger partial charge >= 0.3 is 6.01 Å². The highest BCUT2D eigenvalue weighted by Gasteiger charge is 2.28. The van der Waals surface area contributed by atoms with Crippen LogP contribution in [0.1, 0.15) is 22.3 Å². The molecule has 1 saturated heterocycles. The fourth-order valence-corrected chi connectivity index (χ4v) is 4.62. The standard InChI is InChI=1S/C28H23N7O3/c29-16-18-14-22(35-10-12-37-13-11-35)25(30-17-18)27-33-34-28(38-27)32-26-23(36)15-20-8-4-5-9-21(20)24(31-26)19-6-2-1-3-7-19/h1-9,14,17,26H,10-13,15H2,(H,32,34). The third-order valence-electron chi connectivity index (χ3n) is 6.48. The molecule has 4 aromatic rings. The molecule has 2 aliphatic rings. The van der Waals surface area contributed by atoms with Gasteiger partial charge in [-0.3, -0.25) is 9.79 Å². The summed E-state index contributed by atoms with van der Waals surface area (Å²) in [6, 6.07) is 21.5. The van der Waals surface area contributed by atoms with E-state index in [1.807, 2.05) is 54.6 Å². The Morgan fingerprint density at radius 1 is 1.03 bits per heavy atom. The molecule has 0 bridgehead atoms. The van der Waals surface area contributed by atoms with E-state index in [4.69, 9.17) is 14.1 Å². The summed E-state index contributed by atoms with van der Waals surface area (Å²) in [6.45, 7) is 2.44. The summed E-state index contributed by atoms with van der Waals surface area (Å²) in [5.74, 6) is 0.0590. The number of rotatable bonds is 5. The number of hydrogen-bond donors (Lipinski definition) is 1. The average molecular weight is 506 g/mol. The molecule has 0 spiro atoms. The minimum Gasteiger partial charge on any atom is -0.402 e. The third-order valence-corrected chi connectivity index (χ3v) is 6.48. The second-order valence-electron chi connectivity index (χ2n) is 8.91. The van der Waals surface area contributed by atoms with Crippen molar-refractivity contribution in [2.24, 2.45) is 4.99 Å². The van der Waals surface area contributed by atoms with E-state index in [9.17, 15) is 10.1 Å². The van der Waals surface area contributed by atoms with Gasteiger partial charge < -0.3 is 19.4 Å². The Hall–Kier alpha value is -4.88. The van der Waals surface area contributed by atoms with E-state index in [1.54, 1.807) is 6.07 Å². The fourth-order valence-electron chi connectivity index (χ4n) is 4.62. The Bertz CT molecular complexity index is 1550. The summed E-state index contributed by atoms with van der Waals surface area (Å²) in [7, 11) is 0. The van der Waals surface area contributed by atoms with E-state index < -0.39 is 6.17 Å². The van der Waals surface area contributed by atoms with Gasteiger partial charge in [0.05, 0.1) is 30.2 Å². The largest absolute Gasteiger partial charge is 0.402 e. The lowest BCUT2D eigenvalue weighted by Gasteiger charge is -2.29. The number of aromatic nitrogens is 3. The summed E-state index contributed by atoms with van der Waals surface area (Å²) >= 11 is 0. The van der Waals surface area contributed by atoms with Gasteiger partial charge in [-0.1, -0.05) is 59.7 Å². The van der Waals surface area contributed by atoms with Gasteiger partial charge in [-0.2, -0.15) is 5.26 Å². The molecule has 0 amide bonds. The Morgan fingerprint density at radius 3 is 2.63 bits per heavy atom. The predicted octanol–water partition coefficient (Wildman–Crippen LogP) is 3.24. The van der Waals surface area contributed by atoms with Crippen molar-refractivity contribution in [3.8, 4) is 17.7 Å². The molecule has 1 unspecified atom stereocenters. The first kappa shape index (κ1) is 23.5. The van der Waals surface area contributed by atoms with Crippen LogP contribution in [0.3, 0.4) is 0 Å². The number of ether oxygens (including phenoxy) is 1. The molecule has 1 N–H and O–H groups in total. The molecule has 10 heteroatoms. The molecule has 1 atom stereocenters. The lowest BCUT2D eigenvalue weighted by Crippen LogP contribution is -2.36. The van der Waals surface area contributed by atoms with Crippen LogP contribution in [0.5, 0.6) is 0 Å². The number of hydrogen-bond acceptors (Lipinski definition) is 10. The molecule has 188 valence electrons. The number of benzene rings is 2. The molecule has 0 saturated carbocycles. The molecule has 38 heavy (non-hydrogen) atoms. The number of Topliss-reactive ketones (excluding diaryl/α,β-unsaturated/α-hetero) is 1. The number of fused-ring (bicyclic) bond motifs is 1. The number of nitrogens with one attached hydrogen (secondary N) is 1. The molecular formula is C28H23N7O3. The van der Waals surface area contributed by atoms with Crippen molar-refractivity contribution in [2.75, 3.05) is 36.5 Å². The van der Waals surface area contributed by atoms with Crippen LogP contribution in [0.15, 0.2) is 76.3 Å². The first-order valence-corrected chi connectivity index (χ1v) is 12.3. The molecule has 0 aliphatic carbocycles. The summed E-state index contributed by atoms with van der Waals surface area (Å²) < 4.78 is 11.4. The second-order valence-corrected chi connectivity index (χ2v) is 8.91. The van der Waals surface area contributed by atoms with Gasteiger partial charge in [0, 0.05) is 36.8 Å². The van der Waals surface area contributed by atoms with Crippen molar-refractivity contribution in [3.63, 3.8) is 0 Å². The zero-order valence-corrected chi connectivity index (χ0v) is 20.4. The van der Waals surface area contributed by atoms with Crippen LogP contribution >= 0.6 is 0 Å². The smallest absolute Gasteiger partial charge is 0.317 e. The highest BCUT2D eigenvalue weighted by Crippen LogP contribution is 2.31. The number of nitriles is 1. The molecule has 2 aliphatic heterocycles. The summed E-state index contributed by atoms with van der Waals surface area (Å²) in [4.78, 5) is 24.6. The van der Waals surface area contributed by atoms with Crippen molar-refractivity contribution in [1.82, 2.24) is 15.2 Å². The van der Waals surface area contributed by atoms with Gasteiger partial charge in [0.15, 0.2) is 17.6 Å². The van der Waals surface area contributed by atoms with E-state index in [2.05, 4.69) is 31.5 Å². The number of morpholine rings is 1. The van der Waals surface area contributed by atoms with Crippen molar-refractivity contribution in [1.29, 1.82) is 5.26 Å². The first-order valence-electron chi connectivity index (χ1n) is 12.3. The molecule has 4 heterocycles. The Balaban J connectivity index is 1.33. The van der Waals surface area contributed by atoms with Gasteiger partial charge in [0.2, 0.25) is 0 Å². The molecule has 1 fully saturated rings. The maximum Gasteiger partial charge on any atom is 0.317 e.